The monoisotopic (exact) mass is 202 g/mol. The van der Waals surface area contributed by atoms with Gasteiger partial charge in [0, 0.05) is 5.56 Å². The molecule has 0 saturated heterocycles. The molecule has 0 aromatic carbocycles. The largest absolute Gasteiger partial charge is 0.478 e. The van der Waals surface area contributed by atoms with E-state index in [1.165, 1.54) is 18.3 Å². The highest BCUT2D eigenvalue weighted by Gasteiger charge is 2.08. The van der Waals surface area contributed by atoms with E-state index in [1.54, 1.807) is 6.07 Å². The van der Waals surface area contributed by atoms with Gasteiger partial charge in [0.25, 0.3) is 0 Å². The van der Waals surface area contributed by atoms with E-state index >= 15 is 0 Å². The first-order valence-corrected chi connectivity index (χ1v) is 4.57. The smallest absolute Gasteiger partial charge is 0.332 e. The Morgan fingerprint density at radius 1 is 1.67 bits per heavy atom. The van der Waals surface area contributed by atoms with Crippen LogP contribution >= 0.6 is 22.9 Å². The van der Waals surface area contributed by atoms with Crippen LogP contribution in [0.5, 0.6) is 0 Å². The molecule has 0 saturated carbocycles. The van der Waals surface area contributed by atoms with Gasteiger partial charge in [-0.15, -0.1) is 0 Å². The Labute approximate surface area is 79.1 Å². The lowest BCUT2D eigenvalue weighted by Gasteiger charge is -1.97. The third-order valence-electron chi connectivity index (χ3n) is 1.42. The van der Waals surface area contributed by atoms with E-state index in [2.05, 4.69) is 0 Å². The first-order valence-electron chi connectivity index (χ1n) is 3.25. The Morgan fingerprint density at radius 3 is 2.75 bits per heavy atom. The lowest BCUT2D eigenvalue weighted by molar-refractivity contribution is -0.132. The maximum atomic E-state index is 10.5. The first kappa shape index (κ1) is 9.29. The summed E-state index contributed by atoms with van der Waals surface area (Å²) < 4.78 is 0. The minimum atomic E-state index is -0.980. The van der Waals surface area contributed by atoms with Crippen molar-refractivity contribution in [3.05, 3.63) is 28.0 Å². The molecule has 0 bridgehead atoms. The van der Waals surface area contributed by atoms with Crippen molar-refractivity contribution in [2.45, 2.75) is 6.92 Å². The van der Waals surface area contributed by atoms with Gasteiger partial charge in [0.05, 0.1) is 10.6 Å². The molecule has 0 aliphatic heterocycles. The molecular weight excluding hydrogens is 196 g/mol. The quantitative estimate of drug-likeness (QED) is 0.749. The van der Waals surface area contributed by atoms with Crippen molar-refractivity contribution in [2.75, 3.05) is 0 Å². The minimum absolute atomic E-state index is 0.176. The third-order valence-corrected chi connectivity index (χ3v) is 2.61. The van der Waals surface area contributed by atoms with Crippen LogP contribution in [0.15, 0.2) is 22.4 Å². The van der Waals surface area contributed by atoms with Crippen molar-refractivity contribution < 1.29 is 9.90 Å². The number of carbonyl (C=O) groups is 1. The second kappa shape index (κ2) is 3.74. The summed E-state index contributed by atoms with van der Waals surface area (Å²) in [4.78, 5) is 10.5. The fraction of sp³-hybridized carbons (Fsp3) is 0.125. The maximum Gasteiger partial charge on any atom is 0.332 e. The maximum absolute atomic E-state index is 10.5. The van der Waals surface area contributed by atoms with Crippen LogP contribution in [0, 0.1) is 0 Å². The summed E-state index contributed by atoms with van der Waals surface area (Å²) in [5.74, 6) is -0.980. The molecule has 64 valence electrons. The van der Waals surface area contributed by atoms with E-state index in [-0.39, 0.29) is 5.57 Å². The van der Waals surface area contributed by atoms with Crippen molar-refractivity contribution in [3.63, 3.8) is 0 Å². The van der Waals surface area contributed by atoms with E-state index in [9.17, 15) is 4.79 Å². The highest BCUT2D eigenvalue weighted by atomic mass is 35.5. The van der Waals surface area contributed by atoms with E-state index < -0.39 is 5.97 Å². The Hall–Kier alpha value is -0.800. The Morgan fingerprint density at radius 2 is 2.33 bits per heavy atom. The fourth-order valence-corrected chi connectivity index (χ4v) is 1.61. The van der Waals surface area contributed by atoms with E-state index in [1.807, 2.05) is 10.8 Å². The van der Waals surface area contributed by atoms with Gasteiger partial charge in [0.15, 0.2) is 0 Å². The number of rotatable bonds is 2. The van der Waals surface area contributed by atoms with E-state index in [4.69, 9.17) is 16.7 Å². The molecule has 0 amide bonds. The number of hydrogen-bond acceptors (Lipinski definition) is 2. The zero-order valence-electron chi connectivity index (χ0n) is 6.37. The third kappa shape index (κ3) is 1.87. The van der Waals surface area contributed by atoms with Gasteiger partial charge >= 0.3 is 5.97 Å². The van der Waals surface area contributed by atoms with Crippen LogP contribution in [0.2, 0.25) is 0 Å². The van der Waals surface area contributed by atoms with Crippen LogP contribution in [-0.2, 0) is 4.79 Å². The number of hydrogen-bond donors (Lipinski definition) is 1. The standard InChI is InChI=1S/C8H7ClO2S/c1-5(8(10)11)7(9)6-2-3-12-4-6/h2-4H,1H3,(H,10,11)/b7-5-. The fourth-order valence-electron chi connectivity index (χ4n) is 0.700. The van der Waals surface area contributed by atoms with Gasteiger partial charge in [0.1, 0.15) is 0 Å². The van der Waals surface area contributed by atoms with Crippen LogP contribution in [-0.4, -0.2) is 11.1 Å². The average Bonchev–Trinajstić information content (AvgIpc) is 2.53. The number of halogens is 1. The predicted molar refractivity (Wildman–Crippen MR) is 50.4 cm³/mol. The highest BCUT2D eigenvalue weighted by Crippen LogP contribution is 2.24. The van der Waals surface area contributed by atoms with Crippen molar-refractivity contribution in [3.8, 4) is 0 Å². The molecule has 0 fully saturated rings. The SMILES string of the molecule is C/C(C(=O)O)=C(/Cl)c1ccsc1. The number of carboxylic acids is 1. The van der Waals surface area contributed by atoms with Crippen LogP contribution in [0.3, 0.4) is 0 Å². The molecular formula is C8H7ClO2S. The van der Waals surface area contributed by atoms with Gasteiger partial charge in [-0.2, -0.15) is 11.3 Å². The van der Waals surface area contributed by atoms with Crippen LogP contribution < -0.4 is 0 Å². The summed E-state index contributed by atoms with van der Waals surface area (Å²) in [5, 5.41) is 12.6. The van der Waals surface area contributed by atoms with Gasteiger partial charge in [-0.1, -0.05) is 11.6 Å². The highest BCUT2D eigenvalue weighted by molar-refractivity contribution is 7.08. The summed E-state index contributed by atoms with van der Waals surface area (Å²) in [6.07, 6.45) is 0. The molecule has 0 aliphatic rings. The molecule has 1 N–H and O–H groups in total. The van der Waals surface area contributed by atoms with E-state index in [0.29, 0.717) is 5.03 Å². The van der Waals surface area contributed by atoms with Crippen molar-refractivity contribution >= 4 is 33.9 Å². The molecule has 0 unspecified atom stereocenters. The summed E-state index contributed by atoms with van der Waals surface area (Å²) >= 11 is 7.28. The molecule has 1 aromatic heterocycles. The number of aliphatic carboxylic acids is 1. The summed E-state index contributed by atoms with van der Waals surface area (Å²) in [5.41, 5.74) is 0.941. The Balaban J connectivity index is 3.05. The lowest BCUT2D eigenvalue weighted by atomic mass is 10.2. The van der Waals surface area contributed by atoms with Gasteiger partial charge in [-0.05, 0) is 23.8 Å². The normalized spacial score (nSPS) is 12.5. The molecule has 0 atom stereocenters. The van der Waals surface area contributed by atoms with Crippen molar-refractivity contribution in [1.29, 1.82) is 0 Å². The van der Waals surface area contributed by atoms with E-state index in [0.717, 1.165) is 5.56 Å². The number of carboxylic acid groups (broad SMARTS) is 1. The zero-order chi connectivity index (χ0) is 9.14. The van der Waals surface area contributed by atoms with Gasteiger partial charge in [-0.25, -0.2) is 4.79 Å². The molecule has 4 heteroatoms. The van der Waals surface area contributed by atoms with Crippen molar-refractivity contribution in [1.82, 2.24) is 0 Å². The lowest BCUT2D eigenvalue weighted by Crippen LogP contribution is -1.97. The van der Waals surface area contributed by atoms with Gasteiger partial charge < -0.3 is 5.11 Å². The second-order valence-corrected chi connectivity index (χ2v) is 3.41. The molecule has 0 radical (unpaired) electrons. The molecule has 1 rings (SSSR count). The molecule has 2 nitrogen and oxygen atoms in total. The molecule has 12 heavy (non-hydrogen) atoms. The molecule has 0 spiro atoms. The van der Waals surface area contributed by atoms with Crippen molar-refractivity contribution in [2.24, 2.45) is 0 Å². The number of thiophene rings is 1. The zero-order valence-corrected chi connectivity index (χ0v) is 7.95. The first-order chi connectivity index (χ1) is 5.63. The minimum Gasteiger partial charge on any atom is -0.478 e. The van der Waals surface area contributed by atoms with Crippen LogP contribution in [0.4, 0.5) is 0 Å². The summed E-state index contributed by atoms with van der Waals surface area (Å²) in [6.45, 7) is 1.49. The van der Waals surface area contributed by atoms with Crippen LogP contribution in [0.1, 0.15) is 12.5 Å². The Bertz CT molecular complexity index is 314. The molecule has 1 heterocycles. The molecule has 1 aromatic rings. The molecule has 0 aliphatic carbocycles. The predicted octanol–water partition coefficient (Wildman–Crippen LogP) is 2.80. The second-order valence-electron chi connectivity index (χ2n) is 2.26. The van der Waals surface area contributed by atoms with Crippen LogP contribution in [0.25, 0.3) is 5.03 Å². The topological polar surface area (TPSA) is 37.3 Å². The van der Waals surface area contributed by atoms with Gasteiger partial charge in [0.2, 0.25) is 0 Å². The summed E-state index contributed by atoms with van der Waals surface area (Å²) in [6, 6.07) is 1.79. The van der Waals surface area contributed by atoms with Gasteiger partial charge in [-0.3, -0.25) is 0 Å². The average molecular weight is 203 g/mol. The Kier molecular flexibility index (Phi) is 2.89. The summed E-state index contributed by atoms with van der Waals surface area (Å²) in [7, 11) is 0.